The van der Waals surface area contributed by atoms with Gasteiger partial charge in [-0.25, -0.2) is 0 Å². The Balaban J connectivity index is 0.00000261. The van der Waals surface area contributed by atoms with Gasteiger partial charge in [0, 0.05) is 31.6 Å². The van der Waals surface area contributed by atoms with Gasteiger partial charge in [0.05, 0.1) is 12.5 Å². The molecule has 1 heterocycles. The largest absolute Gasteiger partial charge is 0.352 e. The molecule has 0 aliphatic carbocycles. The number of rotatable bonds is 6. The van der Waals surface area contributed by atoms with Crippen molar-refractivity contribution in [2.75, 3.05) is 0 Å². The van der Waals surface area contributed by atoms with Crippen molar-refractivity contribution in [3.63, 3.8) is 0 Å². The van der Waals surface area contributed by atoms with E-state index in [-0.39, 0.29) is 36.7 Å². The second kappa shape index (κ2) is 9.74. The van der Waals surface area contributed by atoms with Gasteiger partial charge in [-0.05, 0) is 34.4 Å². The molecular formula is C20H23Cl2N3O2. The Kier molecular flexibility index (Phi) is 7.66. The number of fused-ring (bicyclic) bond motifs is 1. The predicted molar refractivity (Wildman–Crippen MR) is 109 cm³/mol. The first-order chi connectivity index (χ1) is 12.5. The van der Waals surface area contributed by atoms with Crippen molar-refractivity contribution in [3.8, 4) is 0 Å². The molecule has 0 spiro atoms. The summed E-state index contributed by atoms with van der Waals surface area (Å²) in [5, 5.41) is 9.69. The number of halogens is 2. The Morgan fingerprint density at radius 1 is 1.11 bits per heavy atom. The van der Waals surface area contributed by atoms with Gasteiger partial charge < -0.3 is 16.0 Å². The Morgan fingerprint density at radius 2 is 1.81 bits per heavy atom. The van der Waals surface area contributed by atoms with Crippen molar-refractivity contribution in [2.24, 2.45) is 0 Å². The molecule has 2 amide bonds. The molecule has 0 fully saturated rings. The molecule has 0 saturated carbocycles. The van der Waals surface area contributed by atoms with Gasteiger partial charge in [-0.15, -0.1) is 12.4 Å². The van der Waals surface area contributed by atoms with E-state index in [2.05, 4.69) is 28.1 Å². The lowest BCUT2D eigenvalue weighted by Crippen LogP contribution is -2.32. The fourth-order valence-corrected chi connectivity index (χ4v) is 3.23. The van der Waals surface area contributed by atoms with E-state index >= 15 is 0 Å². The van der Waals surface area contributed by atoms with Gasteiger partial charge >= 0.3 is 0 Å². The van der Waals surface area contributed by atoms with E-state index in [0.717, 1.165) is 24.2 Å². The average molecular weight is 408 g/mol. The summed E-state index contributed by atoms with van der Waals surface area (Å²) >= 11 is 5.91. The maximum absolute atomic E-state index is 12.4. The second-order valence-corrected chi connectivity index (χ2v) is 6.93. The number of carbonyl (C=O) groups excluding carboxylic acids is 2. The molecule has 0 radical (unpaired) electrons. The summed E-state index contributed by atoms with van der Waals surface area (Å²) in [6.45, 7) is 3.69. The van der Waals surface area contributed by atoms with Gasteiger partial charge in [-0.3, -0.25) is 9.59 Å². The van der Waals surface area contributed by atoms with Crippen LogP contribution in [-0.2, 0) is 29.2 Å². The van der Waals surface area contributed by atoms with E-state index in [1.54, 1.807) is 12.1 Å². The van der Waals surface area contributed by atoms with Gasteiger partial charge in [-0.1, -0.05) is 41.9 Å². The summed E-state index contributed by atoms with van der Waals surface area (Å²) in [6, 6.07) is 13.0. The van der Waals surface area contributed by atoms with Crippen molar-refractivity contribution in [1.29, 1.82) is 0 Å². The first kappa shape index (κ1) is 21.2. The zero-order chi connectivity index (χ0) is 18.5. The quantitative estimate of drug-likeness (QED) is 0.687. The number of benzene rings is 2. The van der Waals surface area contributed by atoms with Crippen LogP contribution in [0.3, 0.4) is 0 Å². The zero-order valence-corrected chi connectivity index (χ0v) is 16.6. The Morgan fingerprint density at radius 3 is 2.52 bits per heavy atom. The standard InChI is InChI=1S/C20H22ClN3O2.ClH/c1-13(25)24-19(15-4-6-18(21)7-5-15)9-20(26)23-10-14-2-3-16-11-22-12-17(16)8-14;/h2-8,19,22H,9-12H2,1H3,(H,23,26)(H,24,25);1H. The molecule has 3 N–H and O–H groups in total. The zero-order valence-electron chi connectivity index (χ0n) is 15.0. The molecule has 7 heteroatoms. The maximum Gasteiger partial charge on any atom is 0.222 e. The molecule has 3 rings (SSSR count). The topological polar surface area (TPSA) is 70.2 Å². The summed E-state index contributed by atoms with van der Waals surface area (Å²) < 4.78 is 0. The molecule has 5 nitrogen and oxygen atoms in total. The van der Waals surface area contributed by atoms with Crippen LogP contribution in [0.2, 0.25) is 5.02 Å². The van der Waals surface area contributed by atoms with Gasteiger partial charge in [-0.2, -0.15) is 0 Å². The number of carbonyl (C=O) groups is 2. The molecule has 27 heavy (non-hydrogen) atoms. The Hall–Kier alpha value is -2.08. The second-order valence-electron chi connectivity index (χ2n) is 6.49. The summed E-state index contributed by atoms with van der Waals surface area (Å²) in [4.78, 5) is 23.9. The molecule has 1 unspecified atom stereocenters. The van der Waals surface area contributed by atoms with Crippen molar-refractivity contribution < 1.29 is 9.59 Å². The SMILES string of the molecule is CC(=O)NC(CC(=O)NCc1ccc2c(c1)CNC2)c1ccc(Cl)cc1.Cl. The van der Waals surface area contributed by atoms with Gasteiger partial charge in [0.2, 0.25) is 11.8 Å². The third kappa shape index (κ3) is 5.96. The molecule has 0 bridgehead atoms. The van der Waals surface area contributed by atoms with Crippen LogP contribution < -0.4 is 16.0 Å². The van der Waals surface area contributed by atoms with Crippen LogP contribution in [0.5, 0.6) is 0 Å². The minimum atomic E-state index is -0.381. The lowest BCUT2D eigenvalue weighted by molar-refractivity contribution is -0.122. The van der Waals surface area contributed by atoms with Crippen LogP contribution in [0.4, 0.5) is 0 Å². The van der Waals surface area contributed by atoms with Crippen LogP contribution in [0.25, 0.3) is 0 Å². The van der Waals surface area contributed by atoms with E-state index in [0.29, 0.717) is 11.6 Å². The van der Waals surface area contributed by atoms with Crippen molar-refractivity contribution in [3.05, 3.63) is 69.7 Å². The fourth-order valence-electron chi connectivity index (χ4n) is 3.11. The van der Waals surface area contributed by atoms with Gasteiger partial charge in [0.25, 0.3) is 0 Å². The molecule has 2 aromatic carbocycles. The molecule has 2 aromatic rings. The number of hydrogen-bond donors (Lipinski definition) is 3. The number of nitrogens with one attached hydrogen (secondary N) is 3. The van der Waals surface area contributed by atoms with Gasteiger partial charge in [0.15, 0.2) is 0 Å². The highest BCUT2D eigenvalue weighted by Crippen LogP contribution is 2.20. The van der Waals surface area contributed by atoms with E-state index in [1.165, 1.54) is 18.1 Å². The monoisotopic (exact) mass is 407 g/mol. The molecule has 1 aliphatic rings. The fraction of sp³-hybridized carbons (Fsp3) is 0.300. The third-order valence-corrected chi connectivity index (χ3v) is 4.68. The molecule has 144 valence electrons. The van der Waals surface area contributed by atoms with E-state index in [4.69, 9.17) is 11.6 Å². The van der Waals surface area contributed by atoms with Gasteiger partial charge in [0.1, 0.15) is 0 Å². The molecule has 1 atom stereocenters. The van der Waals surface area contributed by atoms with Crippen molar-refractivity contribution >= 4 is 35.8 Å². The first-order valence-corrected chi connectivity index (χ1v) is 9.00. The summed E-state index contributed by atoms with van der Waals surface area (Å²) in [5.41, 5.74) is 4.52. The smallest absolute Gasteiger partial charge is 0.222 e. The number of amides is 2. The van der Waals surface area contributed by atoms with Crippen LogP contribution in [0.15, 0.2) is 42.5 Å². The normalized spacial score (nSPS) is 13.3. The minimum Gasteiger partial charge on any atom is -0.352 e. The average Bonchev–Trinajstić information content (AvgIpc) is 3.07. The van der Waals surface area contributed by atoms with E-state index in [9.17, 15) is 9.59 Å². The maximum atomic E-state index is 12.4. The highest BCUT2D eigenvalue weighted by atomic mass is 35.5. The van der Waals surface area contributed by atoms with E-state index in [1.807, 2.05) is 18.2 Å². The number of hydrogen-bond acceptors (Lipinski definition) is 3. The predicted octanol–water partition coefficient (Wildman–Crippen LogP) is 3.25. The Bertz CT molecular complexity index is 809. The molecular weight excluding hydrogens is 385 g/mol. The minimum absolute atomic E-state index is 0. The summed E-state index contributed by atoms with van der Waals surface area (Å²) in [5.74, 6) is -0.291. The van der Waals surface area contributed by atoms with Crippen LogP contribution >= 0.6 is 24.0 Å². The summed E-state index contributed by atoms with van der Waals surface area (Å²) in [6.07, 6.45) is 0.174. The van der Waals surface area contributed by atoms with Crippen LogP contribution in [-0.4, -0.2) is 11.8 Å². The molecule has 0 aromatic heterocycles. The van der Waals surface area contributed by atoms with Crippen LogP contribution in [0.1, 0.15) is 41.6 Å². The lowest BCUT2D eigenvalue weighted by Gasteiger charge is -2.18. The highest BCUT2D eigenvalue weighted by Gasteiger charge is 2.17. The van der Waals surface area contributed by atoms with Crippen molar-refractivity contribution in [2.45, 2.75) is 39.0 Å². The Labute approximate surface area is 170 Å². The van der Waals surface area contributed by atoms with E-state index < -0.39 is 0 Å². The first-order valence-electron chi connectivity index (χ1n) is 8.62. The highest BCUT2D eigenvalue weighted by molar-refractivity contribution is 6.30. The van der Waals surface area contributed by atoms with Crippen molar-refractivity contribution in [1.82, 2.24) is 16.0 Å². The molecule has 1 aliphatic heterocycles. The third-order valence-electron chi connectivity index (χ3n) is 4.43. The molecule has 0 saturated heterocycles. The summed E-state index contributed by atoms with van der Waals surface area (Å²) in [7, 11) is 0. The van der Waals surface area contributed by atoms with Crippen LogP contribution in [0, 0.1) is 0 Å². The lowest BCUT2D eigenvalue weighted by atomic mass is 10.0.